The monoisotopic (exact) mass is 368 g/mol. The van der Waals surface area contributed by atoms with Gasteiger partial charge in [0.25, 0.3) is 0 Å². The lowest BCUT2D eigenvalue weighted by Crippen LogP contribution is -2.38. The lowest BCUT2D eigenvalue weighted by Gasteiger charge is -2.21. The number of hydrogen-bond donors (Lipinski definition) is 1. The zero-order valence-electron chi connectivity index (χ0n) is 15.8. The van der Waals surface area contributed by atoms with Crippen LogP contribution < -0.4 is 10.2 Å². The van der Waals surface area contributed by atoms with Crippen LogP contribution >= 0.6 is 0 Å². The molecule has 0 spiro atoms. The van der Waals surface area contributed by atoms with Gasteiger partial charge in [-0.1, -0.05) is 24.3 Å². The molecule has 0 heterocycles. The summed E-state index contributed by atoms with van der Waals surface area (Å²) in [4.78, 5) is 37.1. The Morgan fingerprint density at radius 1 is 1.04 bits per heavy atom. The van der Waals surface area contributed by atoms with E-state index < -0.39 is 5.97 Å². The number of amides is 2. The van der Waals surface area contributed by atoms with Crippen LogP contribution in [0.5, 0.6) is 0 Å². The molecule has 0 aliphatic carbocycles. The normalized spacial score (nSPS) is 10.2. The van der Waals surface area contributed by atoms with Crippen molar-refractivity contribution in [2.45, 2.75) is 20.3 Å². The second kappa shape index (κ2) is 9.52. The van der Waals surface area contributed by atoms with E-state index in [0.717, 1.165) is 11.1 Å². The molecule has 0 bridgehead atoms. The third kappa shape index (κ3) is 5.67. The molecule has 27 heavy (non-hydrogen) atoms. The maximum atomic E-state index is 12.1. The largest absolute Gasteiger partial charge is 0.465 e. The summed E-state index contributed by atoms with van der Waals surface area (Å²) in [5.41, 5.74) is 3.13. The molecule has 2 rings (SSSR count). The van der Waals surface area contributed by atoms with E-state index in [9.17, 15) is 14.4 Å². The number of hydrogen-bond acceptors (Lipinski definition) is 4. The molecule has 0 aliphatic rings. The summed E-state index contributed by atoms with van der Waals surface area (Å²) in [6.07, 6.45) is 0.306. The second-order valence-electron chi connectivity index (χ2n) is 6.16. The van der Waals surface area contributed by atoms with E-state index in [-0.39, 0.29) is 11.8 Å². The van der Waals surface area contributed by atoms with Crippen molar-refractivity contribution in [3.63, 3.8) is 0 Å². The minimum Gasteiger partial charge on any atom is -0.465 e. The van der Waals surface area contributed by atoms with Gasteiger partial charge in [0.2, 0.25) is 11.8 Å². The summed E-state index contributed by atoms with van der Waals surface area (Å²) < 4.78 is 4.67. The summed E-state index contributed by atoms with van der Waals surface area (Å²) in [5.74, 6) is -0.665. The number of anilines is 1. The molecule has 0 unspecified atom stereocenters. The molecule has 0 aliphatic heterocycles. The molecular weight excluding hydrogens is 344 g/mol. The summed E-state index contributed by atoms with van der Waals surface area (Å²) in [7, 11) is 1.32. The summed E-state index contributed by atoms with van der Waals surface area (Å²) in [6.45, 7) is 4.11. The van der Waals surface area contributed by atoms with Crippen molar-refractivity contribution in [2.75, 3.05) is 25.1 Å². The number of aryl methyl sites for hydroxylation is 1. The van der Waals surface area contributed by atoms with Gasteiger partial charge in [-0.15, -0.1) is 0 Å². The van der Waals surface area contributed by atoms with Gasteiger partial charge in [0.15, 0.2) is 0 Å². The lowest BCUT2D eigenvalue weighted by molar-refractivity contribution is -0.121. The zero-order valence-corrected chi connectivity index (χ0v) is 15.8. The van der Waals surface area contributed by atoms with Gasteiger partial charge in [-0.2, -0.15) is 0 Å². The maximum absolute atomic E-state index is 12.1. The fourth-order valence-electron chi connectivity index (χ4n) is 2.71. The van der Waals surface area contributed by atoms with Gasteiger partial charge in [-0.3, -0.25) is 9.59 Å². The fraction of sp³-hybridized carbons (Fsp3) is 0.286. The number of carbonyl (C=O) groups is 3. The number of methoxy groups -OCH3 is 1. The Morgan fingerprint density at radius 2 is 1.70 bits per heavy atom. The van der Waals surface area contributed by atoms with Crippen LogP contribution in [-0.2, 0) is 20.7 Å². The molecule has 0 atom stereocenters. The van der Waals surface area contributed by atoms with E-state index in [1.807, 2.05) is 31.2 Å². The molecule has 2 aromatic rings. The number of nitrogens with one attached hydrogen (secondary N) is 1. The van der Waals surface area contributed by atoms with Crippen LogP contribution in [0.2, 0.25) is 0 Å². The maximum Gasteiger partial charge on any atom is 0.337 e. The van der Waals surface area contributed by atoms with Crippen LogP contribution in [0.3, 0.4) is 0 Å². The van der Waals surface area contributed by atoms with Crippen LogP contribution in [0, 0.1) is 6.92 Å². The number of benzene rings is 2. The van der Waals surface area contributed by atoms with Crippen LogP contribution in [-0.4, -0.2) is 38.0 Å². The summed E-state index contributed by atoms with van der Waals surface area (Å²) in [6, 6.07) is 14.3. The Bertz CT molecular complexity index is 815. The standard InChI is InChI=1S/C21H24N2O4/c1-15-6-4-5-7-18(15)14-20(25)22-12-13-23(16(2)24)19-10-8-17(9-11-19)21(26)27-3/h4-11H,12-14H2,1-3H3,(H,22,25). The first kappa shape index (κ1) is 20.2. The topological polar surface area (TPSA) is 75.7 Å². The average molecular weight is 368 g/mol. The van der Waals surface area contributed by atoms with Crippen molar-refractivity contribution in [3.05, 3.63) is 65.2 Å². The first-order valence-corrected chi connectivity index (χ1v) is 8.70. The molecule has 0 fully saturated rings. The van der Waals surface area contributed by atoms with Gasteiger partial charge in [0, 0.05) is 25.7 Å². The lowest BCUT2D eigenvalue weighted by atomic mass is 10.1. The highest BCUT2D eigenvalue weighted by Gasteiger charge is 2.13. The van der Waals surface area contributed by atoms with Gasteiger partial charge >= 0.3 is 5.97 Å². The fourth-order valence-corrected chi connectivity index (χ4v) is 2.71. The van der Waals surface area contributed by atoms with Gasteiger partial charge in [0.05, 0.1) is 19.1 Å². The Balaban J connectivity index is 1.93. The highest BCUT2D eigenvalue weighted by Crippen LogP contribution is 2.16. The van der Waals surface area contributed by atoms with E-state index in [1.165, 1.54) is 14.0 Å². The third-order valence-electron chi connectivity index (χ3n) is 4.25. The number of ether oxygens (including phenoxy) is 1. The van der Waals surface area contributed by atoms with Crippen molar-refractivity contribution in [2.24, 2.45) is 0 Å². The molecule has 6 nitrogen and oxygen atoms in total. The first-order chi connectivity index (χ1) is 12.9. The molecule has 2 amide bonds. The van der Waals surface area contributed by atoms with Crippen LogP contribution in [0.15, 0.2) is 48.5 Å². The molecule has 0 saturated carbocycles. The van der Waals surface area contributed by atoms with Crippen molar-refractivity contribution >= 4 is 23.5 Å². The number of carbonyl (C=O) groups excluding carboxylic acids is 3. The number of nitrogens with zero attached hydrogens (tertiary/aromatic N) is 1. The Morgan fingerprint density at radius 3 is 2.30 bits per heavy atom. The van der Waals surface area contributed by atoms with Crippen LogP contribution in [0.25, 0.3) is 0 Å². The average Bonchev–Trinajstić information content (AvgIpc) is 2.66. The van der Waals surface area contributed by atoms with E-state index >= 15 is 0 Å². The summed E-state index contributed by atoms with van der Waals surface area (Å²) in [5, 5.41) is 2.85. The van der Waals surface area contributed by atoms with Gasteiger partial charge in [-0.05, 0) is 42.3 Å². The van der Waals surface area contributed by atoms with E-state index in [2.05, 4.69) is 10.1 Å². The van der Waals surface area contributed by atoms with E-state index in [4.69, 9.17) is 0 Å². The third-order valence-corrected chi connectivity index (χ3v) is 4.25. The Hall–Kier alpha value is -3.15. The van der Waals surface area contributed by atoms with Gasteiger partial charge < -0.3 is 15.0 Å². The van der Waals surface area contributed by atoms with Crippen LogP contribution in [0.4, 0.5) is 5.69 Å². The minimum atomic E-state index is -0.431. The van der Waals surface area contributed by atoms with Crippen molar-refractivity contribution < 1.29 is 19.1 Å². The quantitative estimate of drug-likeness (QED) is 0.762. The number of esters is 1. The molecular formula is C21H24N2O4. The van der Waals surface area contributed by atoms with E-state index in [1.54, 1.807) is 29.2 Å². The molecule has 142 valence electrons. The van der Waals surface area contributed by atoms with Gasteiger partial charge in [0.1, 0.15) is 0 Å². The van der Waals surface area contributed by atoms with E-state index in [0.29, 0.717) is 30.8 Å². The first-order valence-electron chi connectivity index (χ1n) is 8.70. The SMILES string of the molecule is COC(=O)c1ccc(N(CCNC(=O)Cc2ccccc2C)C(C)=O)cc1. The second-order valence-corrected chi connectivity index (χ2v) is 6.16. The van der Waals surface area contributed by atoms with Crippen LogP contribution in [0.1, 0.15) is 28.4 Å². The van der Waals surface area contributed by atoms with Gasteiger partial charge in [-0.25, -0.2) is 4.79 Å². The van der Waals surface area contributed by atoms with Crippen molar-refractivity contribution in [1.29, 1.82) is 0 Å². The molecule has 2 aromatic carbocycles. The van der Waals surface area contributed by atoms with Crippen molar-refractivity contribution in [3.8, 4) is 0 Å². The highest BCUT2D eigenvalue weighted by atomic mass is 16.5. The molecule has 6 heteroatoms. The van der Waals surface area contributed by atoms with Crippen molar-refractivity contribution in [1.82, 2.24) is 5.32 Å². The minimum absolute atomic E-state index is 0.0890. The number of rotatable bonds is 7. The Kier molecular flexibility index (Phi) is 7.11. The molecule has 0 radical (unpaired) electrons. The molecule has 0 aromatic heterocycles. The Labute approximate surface area is 159 Å². The molecule has 0 saturated heterocycles. The summed E-state index contributed by atoms with van der Waals surface area (Å²) >= 11 is 0. The predicted molar refractivity (Wildman–Crippen MR) is 104 cm³/mol. The highest BCUT2D eigenvalue weighted by molar-refractivity contribution is 5.93. The molecule has 1 N–H and O–H groups in total. The predicted octanol–water partition coefficient (Wildman–Crippen LogP) is 2.49. The smallest absolute Gasteiger partial charge is 0.337 e. The zero-order chi connectivity index (χ0) is 19.8.